The van der Waals surface area contributed by atoms with E-state index in [0.717, 1.165) is 21.5 Å². The molecule has 0 radical (unpaired) electrons. The van der Waals surface area contributed by atoms with Crippen LogP contribution < -0.4 is 10.1 Å². The average molecular weight is 294 g/mol. The molecule has 1 aromatic heterocycles. The van der Waals surface area contributed by atoms with Crippen LogP contribution in [-0.2, 0) is 6.54 Å². The van der Waals surface area contributed by atoms with Gasteiger partial charge in [0.25, 0.3) is 0 Å². The highest BCUT2D eigenvalue weighted by atomic mass is 79.9. The zero-order chi connectivity index (χ0) is 12.1. The summed E-state index contributed by atoms with van der Waals surface area (Å²) in [4.78, 5) is 7.92. The Hall–Kier alpha value is -1.62. The summed E-state index contributed by atoms with van der Waals surface area (Å²) < 4.78 is 6.16. The Bertz CT molecular complexity index is 490. The van der Waals surface area contributed by atoms with Crippen LogP contribution in [0.15, 0.2) is 41.4 Å². The Labute approximate surface area is 108 Å². The molecule has 88 valence electrons. The largest absolute Gasteiger partial charge is 0.495 e. The number of nitrogens with zero attached hydrogens (tertiary/aromatic N) is 2. The van der Waals surface area contributed by atoms with E-state index in [9.17, 15) is 0 Å². The van der Waals surface area contributed by atoms with E-state index in [4.69, 9.17) is 4.74 Å². The van der Waals surface area contributed by atoms with Crippen LogP contribution >= 0.6 is 15.9 Å². The normalized spacial score (nSPS) is 10.0. The summed E-state index contributed by atoms with van der Waals surface area (Å²) in [5.41, 5.74) is 2.03. The van der Waals surface area contributed by atoms with Gasteiger partial charge in [0.2, 0.25) is 0 Å². The van der Waals surface area contributed by atoms with Crippen molar-refractivity contribution >= 4 is 21.6 Å². The maximum atomic E-state index is 5.23. The van der Waals surface area contributed by atoms with Crippen LogP contribution in [-0.4, -0.2) is 17.1 Å². The second-order valence-electron chi connectivity index (χ2n) is 3.45. The number of rotatable bonds is 4. The molecule has 2 rings (SSSR count). The first-order chi connectivity index (χ1) is 8.29. The van der Waals surface area contributed by atoms with Crippen LogP contribution in [0, 0.1) is 0 Å². The quantitative estimate of drug-likeness (QED) is 0.942. The lowest BCUT2D eigenvalue weighted by molar-refractivity contribution is 0.412. The summed E-state index contributed by atoms with van der Waals surface area (Å²) in [6.45, 7) is 0.686. The molecule has 0 aliphatic rings. The topological polar surface area (TPSA) is 47.0 Å². The maximum absolute atomic E-state index is 5.23. The number of aromatic nitrogens is 2. The number of hydrogen-bond acceptors (Lipinski definition) is 4. The van der Waals surface area contributed by atoms with Crippen molar-refractivity contribution in [2.24, 2.45) is 0 Å². The SMILES string of the molecule is COc1cc(NCc2cncnc2)ccc1Br. The Balaban J connectivity index is 2.04. The van der Waals surface area contributed by atoms with Gasteiger partial charge >= 0.3 is 0 Å². The Morgan fingerprint density at radius 1 is 1.29 bits per heavy atom. The lowest BCUT2D eigenvalue weighted by Crippen LogP contribution is -2.00. The van der Waals surface area contributed by atoms with Gasteiger partial charge in [0.1, 0.15) is 12.1 Å². The minimum Gasteiger partial charge on any atom is -0.495 e. The first kappa shape index (κ1) is 11.9. The van der Waals surface area contributed by atoms with Crippen LogP contribution in [0.5, 0.6) is 5.75 Å². The highest BCUT2D eigenvalue weighted by Gasteiger charge is 2.01. The number of anilines is 1. The van der Waals surface area contributed by atoms with E-state index in [0.29, 0.717) is 6.54 Å². The summed E-state index contributed by atoms with van der Waals surface area (Å²) in [5.74, 6) is 0.805. The molecular formula is C12H12BrN3O. The number of benzene rings is 1. The highest BCUT2D eigenvalue weighted by molar-refractivity contribution is 9.10. The number of ether oxygens (including phenoxy) is 1. The molecular weight excluding hydrogens is 282 g/mol. The summed E-state index contributed by atoms with van der Waals surface area (Å²) in [6.07, 6.45) is 5.10. The molecule has 0 aliphatic heterocycles. The van der Waals surface area contributed by atoms with Crippen molar-refractivity contribution in [1.29, 1.82) is 0 Å². The molecule has 0 unspecified atom stereocenters. The number of halogens is 1. The second kappa shape index (κ2) is 5.63. The van der Waals surface area contributed by atoms with Crippen LogP contribution in [0.3, 0.4) is 0 Å². The fraction of sp³-hybridized carbons (Fsp3) is 0.167. The number of hydrogen-bond donors (Lipinski definition) is 1. The molecule has 0 amide bonds. The van der Waals surface area contributed by atoms with E-state index in [1.54, 1.807) is 19.5 Å². The lowest BCUT2D eigenvalue weighted by Gasteiger charge is -2.09. The van der Waals surface area contributed by atoms with Crippen molar-refractivity contribution in [3.05, 3.63) is 47.0 Å². The number of methoxy groups -OCH3 is 1. The monoisotopic (exact) mass is 293 g/mol. The zero-order valence-electron chi connectivity index (χ0n) is 9.35. The predicted octanol–water partition coefficient (Wildman–Crippen LogP) is 2.86. The van der Waals surface area contributed by atoms with Gasteiger partial charge in [-0.25, -0.2) is 9.97 Å². The molecule has 1 heterocycles. The third kappa shape index (κ3) is 3.17. The standard InChI is InChI=1S/C12H12BrN3O/c1-17-12-4-10(2-3-11(12)13)16-7-9-5-14-8-15-6-9/h2-6,8,16H,7H2,1H3. The molecule has 0 spiro atoms. The molecule has 0 bridgehead atoms. The summed E-state index contributed by atoms with van der Waals surface area (Å²) in [5, 5.41) is 3.28. The van der Waals surface area contributed by atoms with Gasteiger partial charge in [0, 0.05) is 36.3 Å². The Morgan fingerprint density at radius 2 is 2.06 bits per heavy atom. The molecule has 5 heteroatoms. The van der Waals surface area contributed by atoms with Gasteiger partial charge < -0.3 is 10.1 Å². The van der Waals surface area contributed by atoms with E-state index < -0.39 is 0 Å². The van der Waals surface area contributed by atoms with Gasteiger partial charge in [-0.05, 0) is 28.1 Å². The van der Waals surface area contributed by atoms with Crippen LogP contribution in [0.2, 0.25) is 0 Å². The van der Waals surface area contributed by atoms with Crippen molar-refractivity contribution in [3.8, 4) is 5.75 Å². The third-order valence-corrected chi connectivity index (χ3v) is 2.92. The average Bonchev–Trinajstić information content (AvgIpc) is 2.39. The van der Waals surface area contributed by atoms with E-state index in [2.05, 4.69) is 31.2 Å². The molecule has 0 fully saturated rings. The van der Waals surface area contributed by atoms with Crippen LogP contribution in [0.25, 0.3) is 0 Å². The van der Waals surface area contributed by atoms with Gasteiger partial charge in [-0.2, -0.15) is 0 Å². The molecule has 4 nitrogen and oxygen atoms in total. The van der Waals surface area contributed by atoms with Crippen LogP contribution in [0.4, 0.5) is 5.69 Å². The van der Waals surface area contributed by atoms with Gasteiger partial charge in [0.15, 0.2) is 0 Å². The van der Waals surface area contributed by atoms with Crippen LogP contribution in [0.1, 0.15) is 5.56 Å². The van der Waals surface area contributed by atoms with Gasteiger partial charge in [0.05, 0.1) is 11.6 Å². The fourth-order valence-corrected chi connectivity index (χ4v) is 1.80. The minimum atomic E-state index is 0.686. The van der Waals surface area contributed by atoms with E-state index in [1.165, 1.54) is 6.33 Å². The molecule has 0 saturated heterocycles. The van der Waals surface area contributed by atoms with Gasteiger partial charge in [-0.3, -0.25) is 0 Å². The third-order valence-electron chi connectivity index (χ3n) is 2.26. The Morgan fingerprint density at radius 3 is 2.76 bits per heavy atom. The van der Waals surface area contributed by atoms with Crippen molar-refractivity contribution < 1.29 is 4.74 Å². The maximum Gasteiger partial charge on any atom is 0.135 e. The summed E-state index contributed by atoms with van der Waals surface area (Å²) >= 11 is 3.41. The summed E-state index contributed by atoms with van der Waals surface area (Å²) in [7, 11) is 1.65. The van der Waals surface area contributed by atoms with E-state index >= 15 is 0 Å². The predicted molar refractivity (Wildman–Crippen MR) is 70.1 cm³/mol. The van der Waals surface area contributed by atoms with Gasteiger partial charge in [-0.1, -0.05) is 0 Å². The minimum absolute atomic E-state index is 0.686. The molecule has 0 aliphatic carbocycles. The highest BCUT2D eigenvalue weighted by Crippen LogP contribution is 2.27. The molecule has 2 aromatic rings. The van der Waals surface area contributed by atoms with Crippen molar-refractivity contribution in [2.75, 3.05) is 12.4 Å². The number of nitrogens with one attached hydrogen (secondary N) is 1. The molecule has 1 aromatic carbocycles. The molecule has 17 heavy (non-hydrogen) atoms. The van der Waals surface area contributed by atoms with Gasteiger partial charge in [-0.15, -0.1) is 0 Å². The Kier molecular flexibility index (Phi) is 3.93. The van der Waals surface area contributed by atoms with E-state index in [-0.39, 0.29) is 0 Å². The van der Waals surface area contributed by atoms with Crippen molar-refractivity contribution in [1.82, 2.24) is 9.97 Å². The smallest absolute Gasteiger partial charge is 0.135 e. The second-order valence-corrected chi connectivity index (χ2v) is 4.30. The lowest BCUT2D eigenvalue weighted by atomic mass is 10.3. The summed E-state index contributed by atoms with van der Waals surface area (Å²) in [6, 6.07) is 5.87. The van der Waals surface area contributed by atoms with E-state index in [1.807, 2.05) is 18.2 Å². The van der Waals surface area contributed by atoms with Crippen molar-refractivity contribution in [2.45, 2.75) is 6.54 Å². The van der Waals surface area contributed by atoms with Crippen molar-refractivity contribution in [3.63, 3.8) is 0 Å². The zero-order valence-corrected chi connectivity index (χ0v) is 10.9. The molecule has 1 N–H and O–H groups in total. The first-order valence-electron chi connectivity index (χ1n) is 5.11. The molecule has 0 atom stereocenters. The fourth-order valence-electron chi connectivity index (χ4n) is 1.40. The molecule has 0 saturated carbocycles. The first-order valence-corrected chi connectivity index (χ1v) is 5.90.